The number of allylic oxidation sites excluding steroid dienone is 3. The summed E-state index contributed by atoms with van der Waals surface area (Å²) in [6.45, 7) is 1.93. The van der Waals surface area contributed by atoms with E-state index in [0.717, 1.165) is 43.8 Å². The van der Waals surface area contributed by atoms with Crippen LogP contribution in [0.4, 0.5) is 5.69 Å². The number of halogens is 1. The number of H-pyrrole nitrogens is 1. The SMILES string of the molecule is Cc1[nH]n(-c2ccccc2)c(=O)c1C(=CC=C1C=Nc2ccccc21)c1ccc(Br)cc1. The number of aryl methyl sites for hydroxylation is 1. The van der Waals surface area contributed by atoms with Crippen LogP contribution in [0.3, 0.4) is 0 Å². The molecular formula is C27H20BrN3O. The zero-order chi connectivity index (χ0) is 22.1. The number of aromatic nitrogens is 2. The van der Waals surface area contributed by atoms with Crippen LogP contribution in [0, 0.1) is 6.92 Å². The Morgan fingerprint density at radius 2 is 1.69 bits per heavy atom. The van der Waals surface area contributed by atoms with E-state index in [1.165, 1.54) is 0 Å². The van der Waals surface area contributed by atoms with Gasteiger partial charge in [-0.2, -0.15) is 0 Å². The summed E-state index contributed by atoms with van der Waals surface area (Å²) in [6.07, 6.45) is 5.91. The quantitative estimate of drug-likeness (QED) is 0.356. The molecule has 0 fully saturated rings. The fraction of sp³-hybridized carbons (Fsp3) is 0.0370. The summed E-state index contributed by atoms with van der Waals surface area (Å²) in [6, 6.07) is 25.7. The predicted octanol–water partition coefficient (Wildman–Crippen LogP) is 6.47. The van der Waals surface area contributed by atoms with Gasteiger partial charge in [0, 0.05) is 27.5 Å². The first-order valence-electron chi connectivity index (χ1n) is 10.3. The Bertz CT molecular complexity index is 1440. The van der Waals surface area contributed by atoms with E-state index in [2.05, 4.69) is 32.1 Å². The summed E-state index contributed by atoms with van der Waals surface area (Å²) >= 11 is 3.50. The molecule has 2 heterocycles. The summed E-state index contributed by atoms with van der Waals surface area (Å²) in [5.41, 5.74) is 7.07. The number of aliphatic imine (C=N–C) groups is 1. The van der Waals surface area contributed by atoms with Gasteiger partial charge in [0.25, 0.3) is 5.56 Å². The Labute approximate surface area is 194 Å². The van der Waals surface area contributed by atoms with Gasteiger partial charge in [0.1, 0.15) is 0 Å². The molecule has 32 heavy (non-hydrogen) atoms. The molecule has 0 amide bonds. The third-order valence-corrected chi connectivity index (χ3v) is 6.03. The zero-order valence-electron chi connectivity index (χ0n) is 17.4. The number of nitrogens with one attached hydrogen (secondary N) is 1. The number of para-hydroxylation sites is 2. The van der Waals surface area contributed by atoms with Gasteiger partial charge in [-0.15, -0.1) is 0 Å². The van der Waals surface area contributed by atoms with Gasteiger partial charge >= 0.3 is 0 Å². The highest BCUT2D eigenvalue weighted by Crippen LogP contribution is 2.32. The minimum absolute atomic E-state index is 0.0817. The van der Waals surface area contributed by atoms with E-state index in [9.17, 15) is 4.79 Å². The lowest BCUT2D eigenvalue weighted by atomic mass is 9.97. The minimum atomic E-state index is -0.0817. The smallest absolute Gasteiger partial charge is 0.279 e. The molecule has 1 N–H and O–H groups in total. The highest BCUT2D eigenvalue weighted by atomic mass is 79.9. The lowest BCUT2D eigenvalue weighted by Crippen LogP contribution is -2.17. The van der Waals surface area contributed by atoms with Crippen LogP contribution in [0.25, 0.3) is 16.8 Å². The number of benzene rings is 3. The molecular weight excluding hydrogens is 462 g/mol. The van der Waals surface area contributed by atoms with E-state index >= 15 is 0 Å². The minimum Gasteiger partial charge on any atom is -0.295 e. The molecule has 0 unspecified atom stereocenters. The van der Waals surface area contributed by atoms with E-state index in [-0.39, 0.29) is 5.56 Å². The van der Waals surface area contributed by atoms with E-state index in [1.54, 1.807) is 4.68 Å². The molecule has 0 spiro atoms. The zero-order valence-corrected chi connectivity index (χ0v) is 19.0. The standard InChI is InChI=1S/C27H20BrN3O/c1-18-26(27(32)31(30-18)22-7-3-2-4-8-22)24(19-11-14-21(28)15-12-19)16-13-20-17-29-25-10-6-5-9-23(20)25/h2-17,30H,1H3. The largest absolute Gasteiger partial charge is 0.295 e. The Morgan fingerprint density at radius 3 is 2.47 bits per heavy atom. The highest BCUT2D eigenvalue weighted by molar-refractivity contribution is 9.10. The van der Waals surface area contributed by atoms with Crippen LogP contribution < -0.4 is 5.56 Å². The summed E-state index contributed by atoms with van der Waals surface area (Å²) < 4.78 is 2.58. The molecule has 1 aromatic heterocycles. The van der Waals surface area contributed by atoms with E-state index < -0.39 is 0 Å². The van der Waals surface area contributed by atoms with Gasteiger partial charge in [-0.25, -0.2) is 4.68 Å². The number of hydrogen-bond donors (Lipinski definition) is 1. The molecule has 5 heteroatoms. The Hall–Kier alpha value is -3.70. The molecule has 1 aliphatic heterocycles. The molecule has 0 bridgehead atoms. The van der Waals surface area contributed by atoms with Crippen molar-refractivity contribution in [3.8, 4) is 5.69 Å². The molecule has 0 saturated carbocycles. The molecule has 0 aliphatic carbocycles. The number of rotatable bonds is 4. The van der Waals surface area contributed by atoms with Crippen LogP contribution in [0.1, 0.15) is 22.4 Å². The molecule has 1 aliphatic rings. The third kappa shape index (κ3) is 3.72. The van der Waals surface area contributed by atoms with Gasteiger partial charge in [0.05, 0.1) is 16.9 Å². The summed E-state index contributed by atoms with van der Waals surface area (Å²) in [4.78, 5) is 18.0. The highest BCUT2D eigenvalue weighted by Gasteiger charge is 2.18. The van der Waals surface area contributed by atoms with Crippen LogP contribution in [0.2, 0.25) is 0 Å². The monoisotopic (exact) mass is 481 g/mol. The normalized spacial score (nSPS) is 14.2. The van der Waals surface area contributed by atoms with Gasteiger partial charge < -0.3 is 0 Å². The van der Waals surface area contributed by atoms with Gasteiger partial charge in [-0.05, 0) is 48.4 Å². The molecule has 0 radical (unpaired) electrons. The number of fused-ring (bicyclic) bond motifs is 1. The average Bonchev–Trinajstić information content (AvgIpc) is 3.36. The fourth-order valence-corrected chi connectivity index (χ4v) is 4.19. The molecule has 4 aromatic rings. The Kier molecular flexibility index (Phi) is 5.33. The molecule has 156 valence electrons. The number of nitrogens with zero attached hydrogens (tertiary/aromatic N) is 2. The van der Waals surface area contributed by atoms with Gasteiger partial charge in [-0.1, -0.05) is 76.6 Å². The van der Waals surface area contributed by atoms with Crippen LogP contribution >= 0.6 is 15.9 Å². The molecule has 0 saturated heterocycles. The van der Waals surface area contributed by atoms with E-state index in [1.807, 2.05) is 98.1 Å². The number of aromatic amines is 1. The Balaban J connectivity index is 1.68. The van der Waals surface area contributed by atoms with Crippen LogP contribution in [-0.4, -0.2) is 16.0 Å². The maximum Gasteiger partial charge on any atom is 0.279 e. The van der Waals surface area contributed by atoms with Crippen LogP contribution in [0.15, 0.2) is 105 Å². The van der Waals surface area contributed by atoms with Crippen molar-refractivity contribution < 1.29 is 0 Å². The fourth-order valence-electron chi connectivity index (χ4n) is 3.92. The van der Waals surface area contributed by atoms with Gasteiger partial charge in [0.2, 0.25) is 0 Å². The van der Waals surface area contributed by atoms with Gasteiger partial charge in [-0.3, -0.25) is 14.9 Å². The summed E-state index contributed by atoms with van der Waals surface area (Å²) in [5.74, 6) is 0. The lowest BCUT2D eigenvalue weighted by molar-refractivity contribution is 0.835. The van der Waals surface area contributed by atoms with E-state index in [4.69, 9.17) is 0 Å². The van der Waals surface area contributed by atoms with E-state index in [0.29, 0.717) is 5.56 Å². The van der Waals surface area contributed by atoms with Crippen molar-refractivity contribution in [2.24, 2.45) is 4.99 Å². The second-order valence-electron chi connectivity index (χ2n) is 7.57. The first kappa shape index (κ1) is 20.2. The second kappa shape index (κ2) is 8.44. The Morgan fingerprint density at radius 1 is 0.969 bits per heavy atom. The van der Waals surface area contributed by atoms with Crippen molar-refractivity contribution in [2.75, 3.05) is 0 Å². The van der Waals surface area contributed by atoms with Crippen molar-refractivity contribution in [1.82, 2.24) is 9.78 Å². The first-order chi connectivity index (χ1) is 15.6. The molecule has 0 atom stereocenters. The van der Waals surface area contributed by atoms with Gasteiger partial charge in [0.15, 0.2) is 0 Å². The first-order valence-corrected chi connectivity index (χ1v) is 11.1. The molecule has 5 rings (SSSR count). The van der Waals surface area contributed by atoms with Crippen molar-refractivity contribution in [1.29, 1.82) is 0 Å². The average molecular weight is 482 g/mol. The maximum atomic E-state index is 13.5. The maximum absolute atomic E-state index is 13.5. The topological polar surface area (TPSA) is 50.1 Å². The second-order valence-corrected chi connectivity index (χ2v) is 8.49. The van der Waals surface area contributed by atoms with Crippen molar-refractivity contribution >= 4 is 39.0 Å². The van der Waals surface area contributed by atoms with Crippen molar-refractivity contribution in [3.63, 3.8) is 0 Å². The molecule has 3 aromatic carbocycles. The van der Waals surface area contributed by atoms with Crippen LogP contribution in [0.5, 0.6) is 0 Å². The number of hydrogen-bond acceptors (Lipinski definition) is 2. The van der Waals surface area contributed by atoms with Crippen molar-refractivity contribution in [3.05, 3.63) is 128 Å². The van der Waals surface area contributed by atoms with Crippen molar-refractivity contribution in [2.45, 2.75) is 6.92 Å². The summed E-state index contributed by atoms with van der Waals surface area (Å²) in [7, 11) is 0. The predicted molar refractivity (Wildman–Crippen MR) is 135 cm³/mol. The molecule has 4 nitrogen and oxygen atoms in total. The lowest BCUT2D eigenvalue weighted by Gasteiger charge is -2.07. The third-order valence-electron chi connectivity index (χ3n) is 5.50. The summed E-state index contributed by atoms with van der Waals surface area (Å²) in [5, 5.41) is 3.24. The van der Waals surface area contributed by atoms with Crippen LogP contribution in [-0.2, 0) is 0 Å².